The average molecular weight is 334 g/mol. The molecule has 0 atom stereocenters. The van der Waals surface area contributed by atoms with Gasteiger partial charge in [0.25, 0.3) is 0 Å². The summed E-state index contributed by atoms with van der Waals surface area (Å²) in [5.74, 6) is -2.00. The van der Waals surface area contributed by atoms with Crippen LogP contribution in [0.3, 0.4) is 0 Å². The van der Waals surface area contributed by atoms with E-state index in [1.807, 2.05) is 0 Å². The maximum atomic E-state index is 13.6. The van der Waals surface area contributed by atoms with Crippen molar-refractivity contribution in [2.45, 2.75) is 31.2 Å². The van der Waals surface area contributed by atoms with E-state index in [0.717, 1.165) is 37.0 Å². The second kappa shape index (κ2) is 6.55. The molecule has 0 radical (unpaired) electrons. The normalized spacial score (nSPS) is 15.5. The molecule has 126 valence electrons. The molecule has 6 heteroatoms. The molecule has 3 nitrogen and oxygen atoms in total. The molecule has 2 N–H and O–H groups in total. The van der Waals surface area contributed by atoms with Crippen LogP contribution in [0.2, 0.25) is 0 Å². The smallest absolute Gasteiger partial charge is 0.319 e. The highest BCUT2D eigenvalue weighted by molar-refractivity contribution is 5.90. The summed E-state index contributed by atoms with van der Waals surface area (Å²) in [5.41, 5.74) is -0.220. The minimum atomic E-state index is -0.835. The van der Waals surface area contributed by atoms with Gasteiger partial charge >= 0.3 is 6.03 Å². The summed E-state index contributed by atoms with van der Waals surface area (Å²) < 4.78 is 40.5. The molecule has 1 aliphatic rings. The number of hydrogen-bond donors (Lipinski definition) is 2. The number of hydrogen-bond acceptors (Lipinski definition) is 1. The molecule has 0 unspecified atom stereocenters. The molecule has 0 aliphatic heterocycles. The SMILES string of the molecule is O=C(Nc1c(F)cccc1F)NC1(Cc2cccc(F)c2)CCC1. The molecule has 0 aromatic heterocycles. The highest BCUT2D eigenvalue weighted by Crippen LogP contribution is 2.35. The van der Waals surface area contributed by atoms with E-state index in [2.05, 4.69) is 10.6 Å². The lowest BCUT2D eigenvalue weighted by Gasteiger charge is -2.42. The van der Waals surface area contributed by atoms with Crippen LogP contribution >= 0.6 is 0 Å². The zero-order valence-electron chi connectivity index (χ0n) is 12.9. The number of nitrogens with one attached hydrogen (secondary N) is 2. The van der Waals surface area contributed by atoms with Crippen LogP contribution in [0.1, 0.15) is 24.8 Å². The summed E-state index contributed by atoms with van der Waals surface area (Å²) in [7, 11) is 0. The first kappa shape index (κ1) is 16.4. The van der Waals surface area contributed by atoms with Gasteiger partial charge in [-0.3, -0.25) is 0 Å². The summed E-state index contributed by atoms with van der Waals surface area (Å²) in [4.78, 5) is 12.2. The van der Waals surface area contributed by atoms with Crippen molar-refractivity contribution in [1.82, 2.24) is 5.32 Å². The minimum Gasteiger partial charge on any atom is -0.332 e. The Morgan fingerprint density at radius 1 is 1.04 bits per heavy atom. The summed E-state index contributed by atoms with van der Waals surface area (Å²) >= 11 is 0. The van der Waals surface area contributed by atoms with Crippen LogP contribution < -0.4 is 10.6 Å². The molecule has 2 aromatic carbocycles. The van der Waals surface area contributed by atoms with Crippen molar-refractivity contribution in [1.29, 1.82) is 0 Å². The molecule has 0 spiro atoms. The number of rotatable bonds is 4. The van der Waals surface area contributed by atoms with Gasteiger partial charge in [0.1, 0.15) is 23.1 Å². The van der Waals surface area contributed by atoms with Crippen LogP contribution in [0, 0.1) is 17.5 Å². The largest absolute Gasteiger partial charge is 0.332 e. The summed E-state index contributed by atoms with van der Waals surface area (Å²) in [6.45, 7) is 0. The molecule has 1 fully saturated rings. The Hall–Kier alpha value is -2.50. The van der Waals surface area contributed by atoms with Crippen LogP contribution in [0.15, 0.2) is 42.5 Å². The van der Waals surface area contributed by atoms with E-state index < -0.39 is 28.9 Å². The van der Waals surface area contributed by atoms with Crippen LogP contribution in [-0.2, 0) is 6.42 Å². The van der Waals surface area contributed by atoms with E-state index in [1.54, 1.807) is 12.1 Å². The second-order valence-corrected chi connectivity index (χ2v) is 6.12. The van der Waals surface area contributed by atoms with Gasteiger partial charge in [0.2, 0.25) is 0 Å². The van der Waals surface area contributed by atoms with Crippen LogP contribution in [-0.4, -0.2) is 11.6 Å². The number of benzene rings is 2. The molecule has 1 saturated carbocycles. The van der Waals surface area contributed by atoms with Crippen LogP contribution in [0.5, 0.6) is 0 Å². The molecule has 2 aromatic rings. The predicted molar refractivity (Wildman–Crippen MR) is 85.2 cm³/mol. The van der Waals surface area contributed by atoms with E-state index in [9.17, 15) is 18.0 Å². The molecular weight excluding hydrogens is 317 g/mol. The minimum absolute atomic E-state index is 0.333. The predicted octanol–water partition coefficient (Wildman–Crippen LogP) is 4.39. The third-order valence-electron chi connectivity index (χ3n) is 4.32. The number of halogens is 3. The lowest BCUT2D eigenvalue weighted by atomic mass is 9.73. The first-order valence-corrected chi connectivity index (χ1v) is 7.75. The monoisotopic (exact) mass is 334 g/mol. The van der Waals surface area contributed by atoms with Gasteiger partial charge in [-0.15, -0.1) is 0 Å². The van der Waals surface area contributed by atoms with E-state index in [-0.39, 0.29) is 5.82 Å². The standard InChI is InChI=1S/C18H17F3N2O/c19-13-5-1-4-12(10-13)11-18(8-3-9-18)23-17(24)22-16-14(20)6-2-7-15(16)21/h1-2,4-7,10H,3,8-9,11H2,(H2,22,23,24). The number of urea groups is 1. The highest BCUT2D eigenvalue weighted by Gasteiger charge is 2.38. The van der Waals surface area contributed by atoms with Gasteiger partial charge in [-0.05, 0) is 55.5 Å². The van der Waals surface area contributed by atoms with E-state index >= 15 is 0 Å². The second-order valence-electron chi connectivity index (χ2n) is 6.12. The molecule has 24 heavy (non-hydrogen) atoms. The maximum absolute atomic E-state index is 13.6. The average Bonchev–Trinajstić information content (AvgIpc) is 2.49. The topological polar surface area (TPSA) is 41.1 Å². The van der Waals surface area contributed by atoms with Gasteiger partial charge in [0, 0.05) is 5.54 Å². The first-order chi connectivity index (χ1) is 11.5. The fourth-order valence-corrected chi connectivity index (χ4v) is 2.99. The molecule has 3 rings (SSSR count). The van der Waals surface area contributed by atoms with E-state index in [4.69, 9.17) is 0 Å². The summed E-state index contributed by atoms with van der Waals surface area (Å²) in [6.07, 6.45) is 2.87. The van der Waals surface area contributed by atoms with Crippen molar-refractivity contribution in [3.05, 3.63) is 65.5 Å². The molecule has 1 aliphatic carbocycles. The van der Waals surface area contributed by atoms with Crippen molar-refractivity contribution in [2.24, 2.45) is 0 Å². The van der Waals surface area contributed by atoms with Crippen molar-refractivity contribution >= 4 is 11.7 Å². The lowest BCUT2D eigenvalue weighted by molar-refractivity contribution is 0.183. The fourth-order valence-electron chi connectivity index (χ4n) is 2.99. The Kier molecular flexibility index (Phi) is 4.46. The maximum Gasteiger partial charge on any atom is 0.319 e. The molecule has 0 heterocycles. The zero-order valence-corrected chi connectivity index (χ0v) is 12.9. The van der Waals surface area contributed by atoms with Gasteiger partial charge in [0.05, 0.1) is 0 Å². The van der Waals surface area contributed by atoms with E-state index in [0.29, 0.717) is 6.42 Å². The van der Waals surface area contributed by atoms with Gasteiger partial charge < -0.3 is 10.6 Å². The zero-order chi connectivity index (χ0) is 17.2. The molecule has 0 saturated heterocycles. The highest BCUT2D eigenvalue weighted by atomic mass is 19.1. The fraction of sp³-hybridized carbons (Fsp3) is 0.278. The first-order valence-electron chi connectivity index (χ1n) is 7.75. The van der Waals surface area contributed by atoms with Crippen molar-refractivity contribution < 1.29 is 18.0 Å². The van der Waals surface area contributed by atoms with Crippen LogP contribution in [0.25, 0.3) is 0 Å². The van der Waals surface area contributed by atoms with Gasteiger partial charge in [-0.2, -0.15) is 0 Å². The van der Waals surface area contributed by atoms with Gasteiger partial charge in [-0.25, -0.2) is 18.0 Å². The molecular formula is C18H17F3N2O. The van der Waals surface area contributed by atoms with Gasteiger partial charge in [-0.1, -0.05) is 18.2 Å². The van der Waals surface area contributed by atoms with Gasteiger partial charge in [0.15, 0.2) is 0 Å². The Morgan fingerprint density at radius 3 is 2.29 bits per heavy atom. The third-order valence-corrected chi connectivity index (χ3v) is 4.32. The number of amides is 2. The lowest BCUT2D eigenvalue weighted by Crippen LogP contribution is -2.56. The quantitative estimate of drug-likeness (QED) is 0.855. The van der Waals surface area contributed by atoms with E-state index in [1.165, 1.54) is 18.2 Å². The number of para-hydroxylation sites is 1. The Morgan fingerprint density at radius 2 is 1.71 bits per heavy atom. The van der Waals surface area contributed by atoms with Crippen molar-refractivity contribution in [3.63, 3.8) is 0 Å². The molecule has 0 bridgehead atoms. The van der Waals surface area contributed by atoms with Crippen molar-refractivity contribution in [3.8, 4) is 0 Å². The molecule has 2 amide bonds. The van der Waals surface area contributed by atoms with Crippen LogP contribution in [0.4, 0.5) is 23.7 Å². The Bertz CT molecular complexity index is 739. The summed E-state index contributed by atoms with van der Waals surface area (Å²) in [5, 5.41) is 5.02. The number of carbonyl (C=O) groups is 1. The Labute approximate surface area is 137 Å². The van der Waals surface area contributed by atoms with Crippen molar-refractivity contribution in [2.75, 3.05) is 5.32 Å². The number of anilines is 1. The Balaban J connectivity index is 1.70. The summed E-state index contributed by atoms with van der Waals surface area (Å²) in [6, 6.07) is 8.90. The third kappa shape index (κ3) is 3.53. The number of carbonyl (C=O) groups excluding carboxylic acids is 1.